The molecule has 0 aromatic heterocycles. The number of halogens is 1. The van der Waals surface area contributed by atoms with Gasteiger partial charge in [-0.1, -0.05) is 30.1 Å². The fourth-order valence-corrected chi connectivity index (χ4v) is 4.89. The lowest BCUT2D eigenvalue weighted by Gasteiger charge is -2.36. The molecule has 1 fully saturated rings. The van der Waals surface area contributed by atoms with Gasteiger partial charge in [-0.05, 0) is 62.3 Å². The first-order valence-electron chi connectivity index (χ1n) is 11.3. The average molecular weight is 482 g/mol. The molecule has 8 heteroatoms. The number of thiol groups is 1. The highest BCUT2D eigenvalue weighted by Crippen LogP contribution is 2.39. The van der Waals surface area contributed by atoms with Crippen molar-refractivity contribution in [2.24, 2.45) is 17.0 Å². The van der Waals surface area contributed by atoms with E-state index in [-0.39, 0.29) is 41.5 Å². The quantitative estimate of drug-likeness (QED) is 0.266. The topological polar surface area (TPSA) is 77.3 Å². The molecule has 176 valence electrons. The molecule has 1 heterocycles. The number of benzene rings is 1. The Kier molecular flexibility index (Phi) is 9.32. The molecule has 1 aromatic rings. The summed E-state index contributed by atoms with van der Waals surface area (Å²) >= 11 is 10.4. The van der Waals surface area contributed by atoms with Crippen LogP contribution in [0.15, 0.2) is 40.8 Å². The van der Waals surface area contributed by atoms with Gasteiger partial charge in [-0.25, -0.2) is 0 Å². The summed E-state index contributed by atoms with van der Waals surface area (Å²) in [6.45, 7) is 4.78. The largest absolute Gasteiger partial charge is 0.511 e. The second kappa shape index (κ2) is 12.0. The van der Waals surface area contributed by atoms with E-state index in [1.54, 1.807) is 24.3 Å². The van der Waals surface area contributed by atoms with Crippen LogP contribution in [0.1, 0.15) is 52.4 Å². The molecule has 3 rings (SSSR count). The number of ketones is 1. The van der Waals surface area contributed by atoms with Gasteiger partial charge in [-0.15, -0.1) is 12.6 Å². The number of hydrogen-bond donors (Lipinski definition) is 2. The second-order valence-electron chi connectivity index (χ2n) is 8.45. The Bertz CT molecular complexity index is 841. The van der Waals surface area contributed by atoms with E-state index >= 15 is 0 Å². The molecule has 0 bridgehead atoms. The van der Waals surface area contributed by atoms with E-state index in [0.29, 0.717) is 47.9 Å². The molecule has 2 aliphatic rings. The average Bonchev–Trinajstić information content (AvgIpc) is 2.75. The lowest BCUT2D eigenvalue weighted by atomic mass is 9.76. The van der Waals surface area contributed by atoms with Gasteiger partial charge in [0.1, 0.15) is 23.0 Å². The third-order valence-corrected chi connectivity index (χ3v) is 6.61. The highest BCUT2D eigenvalue weighted by atomic mass is 35.5. The Morgan fingerprint density at radius 3 is 2.75 bits per heavy atom. The van der Waals surface area contributed by atoms with E-state index in [4.69, 9.17) is 25.9 Å². The molecule has 1 N–H and O–H groups in total. The third-order valence-electron chi connectivity index (χ3n) is 5.82. The van der Waals surface area contributed by atoms with E-state index < -0.39 is 0 Å². The number of ether oxygens (including phenoxy) is 2. The van der Waals surface area contributed by atoms with Crippen molar-refractivity contribution in [3.05, 3.63) is 40.6 Å². The molecule has 1 aliphatic carbocycles. The molecule has 4 atom stereocenters. The van der Waals surface area contributed by atoms with E-state index in [1.807, 2.05) is 13.8 Å². The molecule has 1 saturated heterocycles. The molecule has 1 aromatic carbocycles. The highest BCUT2D eigenvalue weighted by Gasteiger charge is 2.38. The number of carbonyl (C=O) groups is 1. The minimum Gasteiger partial charge on any atom is -0.511 e. The fourth-order valence-electron chi connectivity index (χ4n) is 4.26. The van der Waals surface area contributed by atoms with E-state index in [2.05, 4.69) is 17.8 Å². The normalized spacial score (nSPS) is 25.6. The van der Waals surface area contributed by atoms with Crippen molar-refractivity contribution in [3.8, 4) is 5.75 Å². The Hall–Kier alpha value is -1.70. The van der Waals surface area contributed by atoms with Crippen LogP contribution in [0.4, 0.5) is 0 Å². The first kappa shape index (κ1) is 24.9. The number of rotatable bonds is 9. The molecular formula is C24H32ClNO5S. The van der Waals surface area contributed by atoms with Crippen LogP contribution >= 0.6 is 24.2 Å². The van der Waals surface area contributed by atoms with Crippen molar-refractivity contribution in [3.63, 3.8) is 0 Å². The lowest BCUT2D eigenvalue weighted by molar-refractivity contribution is -0.118. The summed E-state index contributed by atoms with van der Waals surface area (Å²) in [5.41, 5.74) is 0.612. The summed E-state index contributed by atoms with van der Waals surface area (Å²) in [4.78, 5) is 18.5. The molecule has 0 amide bonds. The van der Waals surface area contributed by atoms with Crippen molar-refractivity contribution in [1.29, 1.82) is 0 Å². The van der Waals surface area contributed by atoms with E-state index in [1.165, 1.54) is 0 Å². The van der Waals surface area contributed by atoms with Gasteiger partial charge >= 0.3 is 0 Å². The standard InChI is InChI=1S/C24H32ClNO5S/c1-3-5-20(26-30-14-15(2)31-18-9-7-17(25)8-10-18)23-21(27)12-16(13-22(23)28)19-6-4-11-29-24(19)32/h7-10,15-16,19,24,27,32H,3-6,11-14H2,1-2H3. The number of hydrogen-bond acceptors (Lipinski definition) is 7. The van der Waals surface area contributed by atoms with Crippen LogP contribution in [-0.2, 0) is 14.4 Å². The maximum atomic E-state index is 13.0. The van der Waals surface area contributed by atoms with Crippen LogP contribution in [0.5, 0.6) is 5.75 Å². The van der Waals surface area contributed by atoms with Crippen molar-refractivity contribution in [2.45, 2.75) is 63.9 Å². The minimum absolute atomic E-state index is 0.0330. The minimum atomic E-state index is -0.254. The van der Waals surface area contributed by atoms with Gasteiger partial charge in [0.05, 0.1) is 11.3 Å². The molecular weight excluding hydrogens is 450 g/mol. The van der Waals surface area contributed by atoms with Crippen molar-refractivity contribution >= 4 is 35.7 Å². The summed E-state index contributed by atoms with van der Waals surface area (Å²) in [6.07, 6.45) is 3.78. The SMILES string of the molecule is CCCC(=NOCC(C)Oc1ccc(Cl)cc1)C1=C(O)CC(C2CCCOC2S)CC1=O. The first-order valence-corrected chi connectivity index (χ1v) is 12.1. The van der Waals surface area contributed by atoms with Crippen molar-refractivity contribution in [2.75, 3.05) is 13.2 Å². The number of aliphatic hydroxyl groups is 1. The number of aliphatic hydroxyl groups excluding tert-OH is 1. The third kappa shape index (κ3) is 6.65. The van der Waals surface area contributed by atoms with Crippen LogP contribution in [0.25, 0.3) is 0 Å². The maximum Gasteiger partial charge on any atom is 0.168 e. The molecule has 32 heavy (non-hydrogen) atoms. The maximum absolute atomic E-state index is 13.0. The number of Topliss-reactive ketones (excluding diaryl/α,β-unsaturated/α-hetero) is 1. The molecule has 1 aliphatic heterocycles. The smallest absolute Gasteiger partial charge is 0.168 e. The van der Waals surface area contributed by atoms with Gasteiger partial charge in [-0.2, -0.15) is 0 Å². The Morgan fingerprint density at radius 2 is 2.09 bits per heavy atom. The van der Waals surface area contributed by atoms with Crippen LogP contribution in [-0.4, -0.2) is 41.4 Å². The summed E-state index contributed by atoms with van der Waals surface area (Å²) < 4.78 is 11.4. The molecule has 0 saturated carbocycles. The Balaban J connectivity index is 1.64. The van der Waals surface area contributed by atoms with Gasteiger partial charge in [0, 0.05) is 24.5 Å². The Morgan fingerprint density at radius 1 is 1.34 bits per heavy atom. The number of oxime groups is 1. The zero-order chi connectivity index (χ0) is 23.1. The highest BCUT2D eigenvalue weighted by molar-refractivity contribution is 7.80. The summed E-state index contributed by atoms with van der Waals surface area (Å²) in [5, 5.41) is 15.6. The number of nitrogens with zero attached hydrogens (tertiary/aromatic N) is 1. The summed E-state index contributed by atoms with van der Waals surface area (Å²) in [6, 6.07) is 7.09. The van der Waals surface area contributed by atoms with Crippen LogP contribution < -0.4 is 4.74 Å². The summed E-state index contributed by atoms with van der Waals surface area (Å²) in [7, 11) is 0. The Labute approximate surface area is 200 Å². The van der Waals surface area contributed by atoms with Gasteiger partial charge in [-0.3, -0.25) is 4.79 Å². The monoisotopic (exact) mass is 481 g/mol. The second-order valence-corrected chi connectivity index (χ2v) is 9.39. The number of carbonyl (C=O) groups excluding carboxylic acids is 1. The van der Waals surface area contributed by atoms with Crippen LogP contribution in [0.3, 0.4) is 0 Å². The molecule has 6 nitrogen and oxygen atoms in total. The molecule has 0 spiro atoms. The van der Waals surface area contributed by atoms with Gasteiger partial charge in [0.25, 0.3) is 0 Å². The predicted octanol–water partition coefficient (Wildman–Crippen LogP) is 5.75. The first-order chi connectivity index (χ1) is 15.4. The molecule has 0 radical (unpaired) electrons. The van der Waals surface area contributed by atoms with Crippen LogP contribution in [0, 0.1) is 11.8 Å². The fraction of sp³-hybridized carbons (Fsp3) is 0.583. The molecule has 4 unspecified atom stereocenters. The van der Waals surface area contributed by atoms with E-state index in [9.17, 15) is 9.90 Å². The van der Waals surface area contributed by atoms with Crippen LogP contribution in [0.2, 0.25) is 5.02 Å². The van der Waals surface area contributed by atoms with Crippen molar-refractivity contribution < 1.29 is 24.2 Å². The summed E-state index contributed by atoms with van der Waals surface area (Å²) in [5.74, 6) is 0.884. The van der Waals surface area contributed by atoms with Crippen molar-refractivity contribution in [1.82, 2.24) is 0 Å². The zero-order valence-electron chi connectivity index (χ0n) is 18.6. The zero-order valence-corrected chi connectivity index (χ0v) is 20.3. The lowest BCUT2D eigenvalue weighted by Crippen LogP contribution is -2.36. The van der Waals surface area contributed by atoms with Gasteiger partial charge < -0.3 is 19.4 Å². The predicted molar refractivity (Wildman–Crippen MR) is 129 cm³/mol. The van der Waals surface area contributed by atoms with E-state index in [0.717, 1.165) is 19.3 Å². The number of allylic oxidation sites excluding steroid dienone is 2. The van der Waals surface area contributed by atoms with Gasteiger partial charge in [0.15, 0.2) is 12.4 Å². The van der Waals surface area contributed by atoms with Gasteiger partial charge in [0.2, 0.25) is 0 Å².